The van der Waals surface area contributed by atoms with E-state index in [0.29, 0.717) is 18.8 Å². The largest absolute Gasteiger partial charge is 0.374 e. The van der Waals surface area contributed by atoms with Crippen molar-refractivity contribution in [1.29, 1.82) is 0 Å². The maximum atomic E-state index is 12.5. The van der Waals surface area contributed by atoms with Gasteiger partial charge in [0.1, 0.15) is 0 Å². The predicted octanol–water partition coefficient (Wildman–Crippen LogP) is 3.06. The third-order valence-corrected chi connectivity index (χ3v) is 3.94. The number of carbonyl (C=O) groups is 1. The zero-order valence-electron chi connectivity index (χ0n) is 14.2. The summed E-state index contributed by atoms with van der Waals surface area (Å²) in [4.78, 5) is 26.4. The molecule has 3 rings (SSSR count). The highest BCUT2D eigenvalue weighted by Gasteiger charge is 2.16. The van der Waals surface area contributed by atoms with E-state index in [-0.39, 0.29) is 17.5 Å². The number of pyridine rings is 1. The zero-order chi connectivity index (χ0) is 18.2. The van der Waals surface area contributed by atoms with Crippen molar-refractivity contribution in [3.8, 4) is 0 Å². The number of H-pyrrole nitrogens is 1. The first-order valence-electron chi connectivity index (χ1n) is 8.38. The molecule has 1 unspecified atom stereocenters. The molecule has 0 spiro atoms. The van der Waals surface area contributed by atoms with E-state index in [1.165, 1.54) is 12.3 Å². The molecule has 0 saturated heterocycles. The van der Waals surface area contributed by atoms with Crippen molar-refractivity contribution in [1.82, 2.24) is 10.3 Å². The van der Waals surface area contributed by atoms with Crippen LogP contribution in [0, 0.1) is 0 Å². The fourth-order valence-electron chi connectivity index (χ4n) is 2.60. The summed E-state index contributed by atoms with van der Waals surface area (Å²) in [7, 11) is 0. The molecule has 0 aliphatic rings. The summed E-state index contributed by atoms with van der Waals surface area (Å²) in [5.74, 6) is -0.312. The average molecular weight is 348 g/mol. The Morgan fingerprint density at radius 1 is 1.00 bits per heavy atom. The zero-order valence-corrected chi connectivity index (χ0v) is 14.2. The molecule has 2 N–H and O–H groups in total. The van der Waals surface area contributed by atoms with E-state index in [0.717, 1.165) is 11.1 Å². The van der Waals surface area contributed by atoms with Gasteiger partial charge in [-0.2, -0.15) is 0 Å². The highest BCUT2D eigenvalue weighted by atomic mass is 16.5. The first-order valence-corrected chi connectivity index (χ1v) is 8.38. The summed E-state index contributed by atoms with van der Waals surface area (Å²) < 4.78 is 5.81. The van der Waals surface area contributed by atoms with Crippen LogP contribution in [-0.4, -0.2) is 17.5 Å². The second kappa shape index (κ2) is 8.78. The summed E-state index contributed by atoms with van der Waals surface area (Å²) in [5, 5.41) is 2.95. The monoisotopic (exact) mass is 348 g/mol. The Morgan fingerprint density at radius 3 is 2.38 bits per heavy atom. The Kier molecular flexibility index (Phi) is 5.96. The van der Waals surface area contributed by atoms with Crippen LogP contribution in [0.2, 0.25) is 0 Å². The molecule has 0 aliphatic carbocycles. The number of rotatable bonds is 7. The number of amides is 1. The van der Waals surface area contributed by atoms with Crippen LogP contribution in [0.25, 0.3) is 0 Å². The van der Waals surface area contributed by atoms with Crippen molar-refractivity contribution < 1.29 is 9.53 Å². The lowest BCUT2D eigenvalue weighted by Crippen LogP contribution is -2.32. The van der Waals surface area contributed by atoms with Gasteiger partial charge in [0.15, 0.2) is 0 Å². The number of benzene rings is 2. The van der Waals surface area contributed by atoms with Gasteiger partial charge < -0.3 is 15.0 Å². The minimum atomic E-state index is -0.313. The standard InChI is InChI=1S/C21H20N2O3/c24-20-13-18(11-12-22-20)21(25)23-19(17-9-5-2-6-10-17)15-26-14-16-7-3-1-4-8-16/h1-13,19H,14-15H2,(H,22,24)(H,23,25). The first-order chi connectivity index (χ1) is 12.7. The van der Waals surface area contributed by atoms with Gasteiger partial charge in [0.25, 0.3) is 5.91 Å². The maximum Gasteiger partial charge on any atom is 0.252 e. The van der Waals surface area contributed by atoms with Gasteiger partial charge in [-0.25, -0.2) is 0 Å². The van der Waals surface area contributed by atoms with Gasteiger partial charge in [0, 0.05) is 17.8 Å². The molecule has 1 aromatic heterocycles. The summed E-state index contributed by atoms with van der Waals surface area (Å²) in [5.41, 5.74) is 2.02. The van der Waals surface area contributed by atoms with E-state index in [1.54, 1.807) is 6.07 Å². The third-order valence-electron chi connectivity index (χ3n) is 3.94. The van der Waals surface area contributed by atoms with Gasteiger partial charge in [0.2, 0.25) is 5.56 Å². The van der Waals surface area contributed by atoms with Crippen molar-refractivity contribution in [3.05, 3.63) is 106 Å². The van der Waals surface area contributed by atoms with Crippen LogP contribution in [0.3, 0.4) is 0 Å². The Labute approximate surface area is 151 Å². The molecule has 2 aromatic carbocycles. The summed E-state index contributed by atoms with van der Waals surface area (Å²) in [6.45, 7) is 0.791. The van der Waals surface area contributed by atoms with Crippen molar-refractivity contribution in [2.75, 3.05) is 6.61 Å². The average Bonchev–Trinajstić information content (AvgIpc) is 2.68. The van der Waals surface area contributed by atoms with Crippen LogP contribution in [-0.2, 0) is 11.3 Å². The van der Waals surface area contributed by atoms with Crippen LogP contribution >= 0.6 is 0 Å². The molecule has 1 heterocycles. The lowest BCUT2D eigenvalue weighted by molar-refractivity contribution is 0.0796. The summed E-state index contributed by atoms with van der Waals surface area (Å²) in [6, 6.07) is 22.0. The van der Waals surface area contributed by atoms with Gasteiger partial charge in [-0.15, -0.1) is 0 Å². The second-order valence-electron chi connectivity index (χ2n) is 5.88. The van der Waals surface area contributed by atoms with Crippen LogP contribution in [0.4, 0.5) is 0 Å². The summed E-state index contributed by atoms with van der Waals surface area (Å²) in [6.07, 6.45) is 1.46. The second-order valence-corrected chi connectivity index (χ2v) is 5.88. The van der Waals surface area contributed by atoms with Gasteiger partial charge in [-0.3, -0.25) is 9.59 Å². The molecule has 5 nitrogen and oxygen atoms in total. The van der Waals surface area contributed by atoms with Crippen molar-refractivity contribution in [2.24, 2.45) is 0 Å². The Morgan fingerprint density at radius 2 is 1.69 bits per heavy atom. The lowest BCUT2D eigenvalue weighted by Gasteiger charge is -2.19. The molecular formula is C21H20N2O3. The molecule has 132 valence electrons. The fraction of sp³-hybridized carbons (Fsp3) is 0.143. The highest BCUT2D eigenvalue weighted by molar-refractivity contribution is 5.94. The molecule has 0 bridgehead atoms. The van der Waals surface area contributed by atoms with Crippen LogP contribution in [0.1, 0.15) is 27.5 Å². The topological polar surface area (TPSA) is 71.2 Å². The van der Waals surface area contributed by atoms with Crippen LogP contribution < -0.4 is 10.9 Å². The van der Waals surface area contributed by atoms with Crippen molar-refractivity contribution in [3.63, 3.8) is 0 Å². The van der Waals surface area contributed by atoms with Crippen molar-refractivity contribution >= 4 is 5.91 Å². The van der Waals surface area contributed by atoms with E-state index in [4.69, 9.17) is 4.74 Å². The van der Waals surface area contributed by atoms with E-state index in [2.05, 4.69) is 10.3 Å². The first kappa shape index (κ1) is 17.6. The quantitative estimate of drug-likeness (QED) is 0.689. The van der Waals surface area contributed by atoms with Gasteiger partial charge >= 0.3 is 0 Å². The molecule has 0 saturated carbocycles. The van der Waals surface area contributed by atoms with Gasteiger partial charge in [-0.05, 0) is 17.2 Å². The number of carbonyl (C=O) groups excluding carboxylic acids is 1. The Hall–Kier alpha value is -3.18. The smallest absolute Gasteiger partial charge is 0.252 e. The van der Waals surface area contributed by atoms with Gasteiger partial charge in [-0.1, -0.05) is 60.7 Å². The molecule has 5 heteroatoms. The number of hydrogen-bond acceptors (Lipinski definition) is 3. The van der Waals surface area contributed by atoms with Crippen molar-refractivity contribution in [2.45, 2.75) is 12.6 Å². The van der Waals surface area contributed by atoms with Gasteiger partial charge in [0.05, 0.1) is 19.3 Å². The molecule has 0 fully saturated rings. The Bertz CT molecular complexity index is 892. The normalized spacial score (nSPS) is 11.7. The number of aromatic amines is 1. The number of hydrogen-bond donors (Lipinski definition) is 2. The number of ether oxygens (including phenoxy) is 1. The third kappa shape index (κ3) is 4.91. The minimum absolute atomic E-state index is 0.311. The number of nitrogens with one attached hydrogen (secondary N) is 2. The fourth-order valence-corrected chi connectivity index (χ4v) is 2.60. The molecular weight excluding hydrogens is 328 g/mol. The lowest BCUT2D eigenvalue weighted by atomic mass is 10.1. The van der Waals surface area contributed by atoms with E-state index in [1.807, 2.05) is 60.7 Å². The summed E-state index contributed by atoms with van der Waals surface area (Å²) >= 11 is 0. The SMILES string of the molecule is O=C(NC(COCc1ccccc1)c1ccccc1)c1cc[nH]c(=O)c1. The van der Waals surface area contributed by atoms with E-state index >= 15 is 0 Å². The Balaban J connectivity index is 1.69. The molecule has 3 aromatic rings. The molecule has 0 radical (unpaired) electrons. The molecule has 1 atom stereocenters. The molecule has 26 heavy (non-hydrogen) atoms. The highest BCUT2D eigenvalue weighted by Crippen LogP contribution is 2.15. The maximum absolute atomic E-state index is 12.5. The van der Waals surface area contributed by atoms with E-state index < -0.39 is 0 Å². The van der Waals surface area contributed by atoms with Crippen LogP contribution in [0.15, 0.2) is 83.8 Å². The number of aromatic nitrogens is 1. The van der Waals surface area contributed by atoms with E-state index in [9.17, 15) is 9.59 Å². The van der Waals surface area contributed by atoms with Crippen LogP contribution in [0.5, 0.6) is 0 Å². The molecule has 0 aliphatic heterocycles. The minimum Gasteiger partial charge on any atom is -0.374 e. The molecule has 1 amide bonds. The predicted molar refractivity (Wildman–Crippen MR) is 99.8 cm³/mol.